The van der Waals surface area contributed by atoms with Gasteiger partial charge in [0, 0.05) is 26.8 Å². The molecule has 2 atom stereocenters. The molecule has 13 heteroatoms. The number of halogens is 10. The lowest BCUT2D eigenvalue weighted by molar-refractivity contribution is -0.139. The second-order valence-corrected chi connectivity index (χ2v) is 9.88. The number of allylic oxidation sites excluding steroid dienone is 1. The van der Waals surface area contributed by atoms with Gasteiger partial charge in [0.1, 0.15) is 0 Å². The average Bonchev–Trinajstić information content (AvgIpc) is 2.75. The van der Waals surface area contributed by atoms with Crippen molar-refractivity contribution in [3.8, 4) is 0 Å². The average molecular weight is 665 g/mol. The van der Waals surface area contributed by atoms with Crippen molar-refractivity contribution >= 4 is 49.6 Å². The topological polar surface area (TPSA) is 46.2 Å². The van der Waals surface area contributed by atoms with Gasteiger partial charge in [0.05, 0.1) is 18.0 Å². The number of hydrogen-bond acceptors (Lipinski definition) is 2. The molecule has 1 unspecified atom stereocenters. The normalized spacial score (nSPS) is 14.2. The first-order valence-electron chi connectivity index (χ1n) is 10.5. The molecule has 2 aromatic rings. The standard InChI is InChI=1S/C24H19Br2F8NO2/c1-12(22(37)35-11-21(27)28)6-20(36)17-4-2-13(7-19(17)24(32,33)34)3-5-18(23(29,30)31)14-8-15(25)10-16(26)9-14/h2-5,7-10,12,18,21H,6,11H2,1H3,(H,35,37)/b5-3+/t12-,18?/m0/s1. The van der Waals surface area contributed by atoms with Crippen LogP contribution in [-0.2, 0) is 11.0 Å². The molecule has 0 saturated heterocycles. The third-order valence-corrected chi connectivity index (χ3v) is 6.01. The number of Topliss-reactive ketones (excluding diaryl/α,β-unsaturated/α-hetero) is 1. The Balaban J connectivity index is 2.36. The molecule has 0 aliphatic rings. The van der Waals surface area contributed by atoms with Crippen LogP contribution in [0.25, 0.3) is 6.08 Å². The Bertz CT molecular complexity index is 1140. The summed E-state index contributed by atoms with van der Waals surface area (Å²) in [7, 11) is 0. The van der Waals surface area contributed by atoms with E-state index >= 15 is 0 Å². The Kier molecular flexibility index (Phi) is 10.5. The van der Waals surface area contributed by atoms with Gasteiger partial charge in [-0.2, -0.15) is 26.3 Å². The minimum atomic E-state index is -5.03. The monoisotopic (exact) mass is 663 g/mol. The van der Waals surface area contributed by atoms with Gasteiger partial charge < -0.3 is 5.32 Å². The van der Waals surface area contributed by atoms with E-state index in [4.69, 9.17) is 0 Å². The number of hydrogen-bond donors (Lipinski definition) is 1. The van der Waals surface area contributed by atoms with Crippen LogP contribution in [0, 0.1) is 5.92 Å². The molecule has 0 heterocycles. The molecule has 0 aliphatic carbocycles. The first kappa shape index (κ1) is 30.9. The smallest absolute Gasteiger partial charge is 0.350 e. The van der Waals surface area contributed by atoms with E-state index < -0.39 is 66.4 Å². The minimum Gasteiger partial charge on any atom is -0.350 e. The first-order chi connectivity index (χ1) is 17.0. The Morgan fingerprint density at radius 2 is 1.57 bits per heavy atom. The number of carbonyl (C=O) groups is 2. The van der Waals surface area contributed by atoms with Crippen molar-refractivity contribution in [2.45, 2.75) is 38.0 Å². The second-order valence-electron chi connectivity index (χ2n) is 8.05. The van der Waals surface area contributed by atoms with Gasteiger partial charge in [-0.1, -0.05) is 63.1 Å². The number of amides is 1. The number of nitrogens with one attached hydrogen (secondary N) is 1. The summed E-state index contributed by atoms with van der Waals surface area (Å²) >= 11 is 6.20. The summed E-state index contributed by atoms with van der Waals surface area (Å²) in [6.07, 6.45) is -11.7. The molecule has 0 aliphatic heterocycles. The van der Waals surface area contributed by atoms with E-state index in [1.165, 1.54) is 25.1 Å². The van der Waals surface area contributed by atoms with Gasteiger partial charge in [-0.05, 0) is 35.4 Å². The van der Waals surface area contributed by atoms with Gasteiger partial charge >= 0.3 is 12.4 Å². The van der Waals surface area contributed by atoms with E-state index in [-0.39, 0.29) is 11.1 Å². The van der Waals surface area contributed by atoms with Crippen molar-refractivity contribution in [1.82, 2.24) is 5.32 Å². The number of benzene rings is 2. The highest BCUT2D eigenvalue weighted by Crippen LogP contribution is 2.39. The molecule has 0 radical (unpaired) electrons. The first-order valence-corrected chi connectivity index (χ1v) is 12.1. The van der Waals surface area contributed by atoms with Crippen LogP contribution in [0.2, 0.25) is 0 Å². The number of alkyl halides is 8. The lowest BCUT2D eigenvalue weighted by atomic mass is 9.93. The van der Waals surface area contributed by atoms with Crippen LogP contribution in [-0.4, -0.2) is 30.8 Å². The molecular weight excluding hydrogens is 646 g/mol. The Morgan fingerprint density at radius 3 is 2.08 bits per heavy atom. The molecular formula is C24H19Br2F8NO2. The predicted octanol–water partition coefficient (Wildman–Crippen LogP) is 8.18. The number of carbonyl (C=O) groups excluding carboxylic acids is 2. The van der Waals surface area contributed by atoms with Crippen LogP contribution >= 0.6 is 31.9 Å². The maximum Gasteiger partial charge on any atom is 0.417 e. The predicted molar refractivity (Wildman–Crippen MR) is 128 cm³/mol. The minimum absolute atomic E-state index is 0.160. The van der Waals surface area contributed by atoms with Crippen molar-refractivity contribution in [1.29, 1.82) is 0 Å². The molecule has 0 spiro atoms. The summed E-state index contributed by atoms with van der Waals surface area (Å²) < 4.78 is 107. The summed E-state index contributed by atoms with van der Waals surface area (Å²) in [5.74, 6) is -5.33. The largest absolute Gasteiger partial charge is 0.417 e. The third kappa shape index (κ3) is 9.20. The number of ketones is 1. The summed E-state index contributed by atoms with van der Waals surface area (Å²) in [6, 6.07) is 6.38. The fourth-order valence-electron chi connectivity index (χ4n) is 3.35. The van der Waals surface area contributed by atoms with Crippen LogP contribution in [0.5, 0.6) is 0 Å². The van der Waals surface area contributed by atoms with Gasteiger partial charge in [-0.25, -0.2) is 8.78 Å². The fraction of sp³-hybridized carbons (Fsp3) is 0.333. The second kappa shape index (κ2) is 12.5. The molecule has 0 saturated carbocycles. The van der Waals surface area contributed by atoms with Crippen LogP contribution in [0.4, 0.5) is 35.1 Å². The molecule has 202 valence electrons. The van der Waals surface area contributed by atoms with E-state index in [0.29, 0.717) is 21.1 Å². The lowest BCUT2D eigenvalue weighted by Gasteiger charge is -2.18. The van der Waals surface area contributed by atoms with E-state index in [9.17, 15) is 44.7 Å². The summed E-state index contributed by atoms with van der Waals surface area (Å²) in [5.41, 5.74) is -2.59. The maximum absolute atomic E-state index is 13.7. The lowest BCUT2D eigenvalue weighted by Crippen LogP contribution is -2.34. The van der Waals surface area contributed by atoms with Crippen molar-refractivity contribution < 1.29 is 44.7 Å². The molecule has 2 aromatic carbocycles. The van der Waals surface area contributed by atoms with Crippen molar-refractivity contribution in [2.24, 2.45) is 5.92 Å². The zero-order chi connectivity index (χ0) is 28.1. The van der Waals surface area contributed by atoms with E-state index in [1.54, 1.807) is 0 Å². The van der Waals surface area contributed by atoms with Crippen molar-refractivity contribution in [2.75, 3.05) is 6.54 Å². The van der Waals surface area contributed by atoms with Gasteiger partial charge in [-0.3, -0.25) is 9.59 Å². The molecule has 3 nitrogen and oxygen atoms in total. The van der Waals surface area contributed by atoms with Gasteiger partial charge in [-0.15, -0.1) is 0 Å². The summed E-state index contributed by atoms with van der Waals surface area (Å²) in [6.45, 7) is 0.225. The molecule has 2 rings (SSSR count). The van der Waals surface area contributed by atoms with Crippen LogP contribution < -0.4 is 5.32 Å². The molecule has 0 fully saturated rings. The van der Waals surface area contributed by atoms with Crippen molar-refractivity contribution in [3.05, 3.63) is 73.7 Å². The molecule has 1 N–H and O–H groups in total. The van der Waals surface area contributed by atoms with Crippen molar-refractivity contribution in [3.63, 3.8) is 0 Å². The molecule has 1 amide bonds. The molecule has 37 heavy (non-hydrogen) atoms. The third-order valence-electron chi connectivity index (χ3n) is 5.10. The van der Waals surface area contributed by atoms with Crippen LogP contribution in [0.3, 0.4) is 0 Å². The highest BCUT2D eigenvalue weighted by molar-refractivity contribution is 9.11. The van der Waals surface area contributed by atoms with Gasteiger partial charge in [0.15, 0.2) is 5.78 Å². The Labute approximate surface area is 223 Å². The fourth-order valence-corrected chi connectivity index (χ4v) is 4.68. The molecule has 0 bridgehead atoms. The number of rotatable bonds is 9. The maximum atomic E-state index is 13.7. The quantitative estimate of drug-likeness (QED) is 0.217. The molecule has 0 aromatic heterocycles. The Morgan fingerprint density at radius 1 is 0.973 bits per heavy atom. The Hall–Kier alpha value is -2.28. The summed E-state index contributed by atoms with van der Waals surface area (Å²) in [5, 5.41) is 1.88. The van der Waals surface area contributed by atoms with Gasteiger partial charge in [0.25, 0.3) is 6.43 Å². The van der Waals surface area contributed by atoms with E-state index in [1.807, 2.05) is 5.32 Å². The highest BCUT2D eigenvalue weighted by Gasteiger charge is 2.39. The van der Waals surface area contributed by atoms with Crippen LogP contribution in [0.15, 0.2) is 51.4 Å². The highest BCUT2D eigenvalue weighted by atomic mass is 79.9. The zero-order valence-corrected chi connectivity index (χ0v) is 22.0. The van der Waals surface area contributed by atoms with E-state index in [0.717, 1.165) is 18.2 Å². The SMILES string of the molecule is C[C@@H](CC(=O)c1ccc(/C=C/C(c2cc(Br)cc(Br)c2)C(F)(F)F)cc1C(F)(F)F)C(=O)NCC(F)F. The zero-order valence-electron chi connectivity index (χ0n) is 18.9. The van der Waals surface area contributed by atoms with Gasteiger partial charge in [0.2, 0.25) is 5.91 Å². The van der Waals surface area contributed by atoms with Crippen LogP contribution in [0.1, 0.15) is 46.3 Å². The summed E-state index contributed by atoms with van der Waals surface area (Å²) in [4.78, 5) is 24.3. The van der Waals surface area contributed by atoms with E-state index in [2.05, 4.69) is 31.9 Å².